The van der Waals surface area contributed by atoms with Gasteiger partial charge in [0.05, 0.1) is 12.6 Å². The average molecular weight is 352 g/mol. The van der Waals surface area contributed by atoms with Crippen LogP contribution >= 0.6 is 0 Å². The summed E-state index contributed by atoms with van der Waals surface area (Å²) >= 11 is 0. The zero-order valence-corrected chi connectivity index (χ0v) is 14.6. The van der Waals surface area contributed by atoms with E-state index in [0.717, 1.165) is 41.2 Å². The minimum absolute atomic E-state index is 0.0116. The molecule has 4 nitrogen and oxygen atoms in total. The lowest BCUT2D eigenvalue weighted by atomic mass is 10.0. The fourth-order valence-electron chi connectivity index (χ4n) is 3.42. The van der Waals surface area contributed by atoms with Crippen LogP contribution in [-0.2, 0) is 11.3 Å². The van der Waals surface area contributed by atoms with Crippen LogP contribution in [0, 0.1) is 12.7 Å². The number of rotatable bonds is 5. The Morgan fingerprint density at radius 2 is 2.15 bits per heavy atom. The molecule has 0 bridgehead atoms. The van der Waals surface area contributed by atoms with Crippen LogP contribution in [0.1, 0.15) is 29.4 Å². The van der Waals surface area contributed by atoms with Gasteiger partial charge in [0.2, 0.25) is 0 Å². The molecule has 0 radical (unpaired) electrons. The average Bonchev–Trinajstić information content (AvgIpc) is 3.30. The lowest BCUT2D eigenvalue weighted by Gasteiger charge is -2.19. The third kappa shape index (κ3) is 3.54. The van der Waals surface area contributed by atoms with Crippen molar-refractivity contribution in [3.8, 4) is 11.3 Å². The standard InChI is InChI=1S/C21H21FN2O2/c1-14-11-16(22)4-6-18(14)20-7-5-17(26-20)13-24-19-8-10-25-21(19)15-3-2-9-23-12-15/h2-7,9,11-12,19,21,24H,8,10,13H2,1H3/t19-,21+/m0/s1. The van der Waals surface area contributed by atoms with Crippen LogP contribution in [0.15, 0.2) is 59.3 Å². The van der Waals surface area contributed by atoms with Gasteiger partial charge in [0.15, 0.2) is 0 Å². The van der Waals surface area contributed by atoms with Gasteiger partial charge in [0, 0.05) is 36.2 Å². The molecule has 26 heavy (non-hydrogen) atoms. The van der Waals surface area contributed by atoms with Crippen molar-refractivity contribution in [1.29, 1.82) is 0 Å². The van der Waals surface area contributed by atoms with Gasteiger partial charge in [-0.05, 0) is 55.3 Å². The Bertz CT molecular complexity index is 879. The number of furan rings is 1. The molecule has 1 aromatic carbocycles. The number of pyridine rings is 1. The molecule has 1 aliphatic heterocycles. The Balaban J connectivity index is 1.43. The summed E-state index contributed by atoms with van der Waals surface area (Å²) in [5, 5.41) is 3.53. The highest BCUT2D eigenvalue weighted by Crippen LogP contribution is 2.30. The summed E-state index contributed by atoms with van der Waals surface area (Å²) in [4.78, 5) is 4.18. The van der Waals surface area contributed by atoms with E-state index in [1.807, 2.05) is 37.4 Å². The van der Waals surface area contributed by atoms with Crippen molar-refractivity contribution < 1.29 is 13.5 Å². The monoisotopic (exact) mass is 352 g/mol. The Hall–Kier alpha value is -2.50. The summed E-state index contributed by atoms with van der Waals surface area (Å²) in [5.74, 6) is 1.37. The van der Waals surface area contributed by atoms with Crippen molar-refractivity contribution in [2.24, 2.45) is 0 Å². The van der Waals surface area contributed by atoms with Gasteiger partial charge in [-0.1, -0.05) is 6.07 Å². The first-order valence-corrected chi connectivity index (χ1v) is 8.81. The van der Waals surface area contributed by atoms with Gasteiger partial charge in [0.1, 0.15) is 17.3 Å². The lowest BCUT2D eigenvalue weighted by Crippen LogP contribution is -2.31. The summed E-state index contributed by atoms with van der Waals surface area (Å²) in [7, 11) is 0. The molecule has 2 aromatic heterocycles. The Labute approximate surface area is 152 Å². The predicted octanol–water partition coefficient (Wildman–Crippen LogP) is 4.41. The molecule has 1 N–H and O–H groups in total. The summed E-state index contributed by atoms with van der Waals surface area (Å²) in [6, 6.07) is 12.8. The summed E-state index contributed by atoms with van der Waals surface area (Å²) < 4.78 is 25.1. The molecule has 4 rings (SSSR count). The second-order valence-electron chi connectivity index (χ2n) is 6.58. The Morgan fingerprint density at radius 1 is 1.23 bits per heavy atom. The maximum absolute atomic E-state index is 13.3. The minimum Gasteiger partial charge on any atom is -0.460 e. The molecule has 1 fully saturated rings. The number of aromatic nitrogens is 1. The summed E-state index contributed by atoms with van der Waals surface area (Å²) in [6.07, 6.45) is 4.58. The molecule has 1 saturated heterocycles. The SMILES string of the molecule is Cc1cc(F)ccc1-c1ccc(CN[C@H]2CCO[C@@H]2c2cccnc2)o1. The van der Waals surface area contributed by atoms with E-state index in [-0.39, 0.29) is 18.0 Å². The molecular weight excluding hydrogens is 331 g/mol. The maximum atomic E-state index is 13.3. The van der Waals surface area contributed by atoms with Crippen molar-refractivity contribution in [1.82, 2.24) is 10.3 Å². The second kappa shape index (κ2) is 7.40. The number of ether oxygens (including phenoxy) is 1. The van der Waals surface area contributed by atoms with E-state index >= 15 is 0 Å². The number of hydrogen-bond donors (Lipinski definition) is 1. The van der Waals surface area contributed by atoms with E-state index < -0.39 is 0 Å². The number of halogens is 1. The van der Waals surface area contributed by atoms with Crippen LogP contribution in [0.2, 0.25) is 0 Å². The van der Waals surface area contributed by atoms with Crippen molar-refractivity contribution in [3.05, 3.63) is 77.6 Å². The van der Waals surface area contributed by atoms with Crippen LogP contribution < -0.4 is 5.32 Å². The van der Waals surface area contributed by atoms with Crippen molar-refractivity contribution in [2.45, 2.75) is 32.0 Å². The van der Waals surface area contributed by atoms with Crippen molar-refractivity contribution in [3.63, 3.8) is 0 Å². The normalized spacial score (nSPS) is 19.8. The molecule has 5 heteroatoms. The van der Waals surface area contributed by atoms with Gasteiger partial charge in [0.25, 0.3) is 0 Å². The second-order valence-corrected chi connectivity index (χ2v) is 6.58. The smallest absolute Gasteiger partial charge is 0.134 e. The first kappa shape index (κ1) is 16.9. The first-order chi connectivity index (χ1) is 12.7. The van der Waals surface area contributed by atoms with E-state index in [0.29, 0.717) is 6.54 Å². The maximum Gasteiger partial charge on any atom is 0.134 e. The number of aryl methyl sites for hydroxylation is 1. The molecule has 134 valence electrons. The van der Waals surface area contributed by atoms with Gasteiger partial charge < -0.3 is 14.5 Å². The molecular formula is C21H21FN2O2. The van der Waals surface area contributed by atoms with Crippen LogP contribution in [0.5, 0.6) is 0 Å². The zero-order valence-electron chi connectivity index (χ0n) is 14.6. The van der Waals surface area contributed by atoms with Crippen LogP contribution in [-0.4, -0.2) is 17.6 Å². The summed E-state index contributed by atoms with van der Waals surface area (Å²) in [6.45, 7) is 3.23. The third-order valence-electron chi connectivity index (χ3n) is 4.76. The molecule has 0 saturated carbocycles. The Kier molecular flexibility index (Phi) is 4.82. The molecule has 2 atom stereocenters. The van der Waals surface area contributed by atoms with Crippen LogP contribution in [0.4, 0.5) is 4.39 Å². The predicted molar refractivity (Wildman–Crippen MR) is 97.0 cm³/mol. The van der Waals surface area contributed by atoms with Crippen molar-refractivity contribution >= 4 is 0 Å². The molecule has 3 heterocycles. The Morgan fingerprint density at radius 3 is 2.96 bits per heavy atom. The largest absolute Gasteiger partial charge is 0.460 e. The highest BCUT2D eigenvalue weighted by atomic mass is 19.1. The minimum atomic E-state index is -0.234. The fraction of sp³-hybridized carbons (Fsp3) is 0.286. The molecule has 0 aliphatic carbocycles. The van der Waals surface area contributed by atoms with E-state index in [4.69, 9.17) is 9.15 Å². The highest BCUT2D eigenvalue weighted by molar-refractivity contribution is 5.62. The van der Waals surface area contributed by atoms with Crippen LogP contribution in [0.3, 0.4) is 0 Å². The molecule has 3 aromatic rings. The molecule has 0 spiro atoms. The van der Waals surface area contributed by atoms with Gasteiger partial charge in [-0.3, -0.25) is 4.98 Å². The third-order valence-corrected chi connectivity index (χ3v) is 4.76. The van der Waals surface area contributed by atoms with Gasteiger partial charge >= 0.3 is 0 Å². The van der Waals surface area contributed by atoms with Crippen LogP contribution in [0.25, 0.3) is 11.3 Å². The summed E-state index contributed by atoms with van der Waals surface area (Å²) in [5.41, 5.74) is 2.86. The van der Waals surface area contributed by atoms with Gasteiger partial charge in [-0.2, -0.15) is 0 Å². The van der Waals surface area contributed by atoms with Crippen molar-refractivity contribution in [2.75, 3.05) is 6.61 Å². The topological polar surface area (TPSA) is 47.3 Å². The van der Waals surface area contributed by atoms with Gasteiger partial charge in [-0.15, -0.1) is 0 Å². The van der Waals surface area contributed by atoms with E-state index in [1.165, 1.54) is 12.1 Å². The quantitative estimate of drug-likeness (QED) is 0.739. The molecule has 0 amide bonds. The molecule has 0 unspecified atom stereocenters. The first-order valence-electron chi connectivity index (χ1n) is 8.81. The molecule has 1 aliphatic rings. The van der Waals surface area contributed by atoms with Gasteiger partial charge in [-0.25, -0.2) is 4.39 Å². The number of benzene rings is 1. The lowest BCUT2D eigenvalue weighted by molar-refractivity contribution is 0.0978. The van der Waals surface area contributed by atoms with E-state index in [9.17, 15) is 4.39 Å². The van der Waals surface area contributed by atoms with E-state index in [2.05, 4.69) is 10.3 Å². The van der Waals surface area contributed by atoms with E-state index in [1.54, 1.807) is 12.3 Å². The highest BCUT2D eigenvalue weighted by Gasteiger charge is 2.29. The zero-order chi connectivity index (χ0) is 17.9. The number of hydrogen-bond acceptors (Lipinski definition) is 4. The number of nitrogens with one attached hydrogen (secondary N) is 1. The fourth-order valence-corrected chi connectivity index (χ4v) is 3.42. The number of nitrogens with zero attached hydrogens (tertiary/aromatic N) is 1.